The second-order valence-electron chi connectivity index (χ2n) is 6.09. The van der Waals surface area contributed by atoms with Gasteiger partial charge in [0.15, 0.2) is 0 Å². The fraction of sp³-hybridized carbons (Fsp3) is 0.353. The van der Waals surface area contributed by atoms with Gasteiger partial charge in [-0.05, 0) is 36.6 Å². The van der Waals surface area contributed by atoms with E-state index < -0.39 is 36.0 Å². The number of aromatic nitrogens is 1. The fourth-order valence-electron chi connectivity index (χ4n) is 2.76. The molecule has 0 aliphatic heterocycles. The van der Waals surface area contributed by atoms with Crippen molar-refractivity contribution in [2.75, 3.05) is 13.2 Å². The summed E-state index contributed by atoms with van der Waals surface area (Å²) in [5.74, 6) is -1.11. The van der Waals surface area contributed by atoms with Crippen LogP contribution in [0, 0.1) is 10.1 Å². The van der Waals surface area contributed by atoms with Crippen molar-refractivity contribution in [3.05, 3.63) is 63.1 Å². The van der Waals surface area contributed by atoms with Gasteiger partial charge in [0, 0.05) is 18.5 Å². The molecule has 0 saturated carbocycles. The van der Waals surface area contributed by atoms with Crippen molar-refractivity contribution < 1.29 is 37.2 Å². The first-order valence-electron chi connectivity index (χ1n) is 8.12. The van der Waals surface area contributed by atoms with E-state index in [-0.39, 0.29) is 35.2 Å². The predicted molar refractivity (Wildman–Crippen MR) is 90.9 cm³/mol. The number of allylic oxidation sites excluding steroid dienone is 1. The molecule has 1 atom stereocenters. The molecule has 9 nitrogen and oxygen atoms in total. The number of alkyl halides is 3. The molecule has 1 heterocycles. The molecular weight excluding hydrogens is 399 g/mol. The van der Waals surface area contributed by atoms with Crippen LogP contribution in [0.5, 0.6) is 0 Å². The first kappa shape index (κ1) is 22.0. The maximum atomic E-state index is 12.4. The summed E-state index contributed by atoms with van der Waals surface area (Å²) >= 11 is 0. The Labute approximate surface area is 162 Å². The Morgan fingerprint density at radius 3 is 2.76 bits per heavy atom. The number of halogens is 3. The van der Waals surface area contributed by atoms with E-state index in [1.807, 2.05) is 0 Å². The second kappa shape index (κ2) is 8.82. The van der Waals surface area contributed by atoms with Crippen LogP contribution in [-0.4, -0.2) is 47.4 Å². The summed E-state index contributed by atoms with van der Waals surface area (Å²) in [5, 5.41) is 14.1. The number of carbonyl (C=O) groups excluding carboxylic acids is 2. The third-order valence-electron chi connectivity index (χ3n) is 3.85. The Morgan fingerprint density at radius 1 is 1.48 bits per heavy atom. The van der Waals surface area contributed by atoms with Gasteiger partial charge < -0.3 is 14.8 Å². The van der Waals surface area contributed by atoms with Gasteiger partial charge in [-0.1, -0.05) is 0 Å². The lowest BCUT2D eigenvalue weighted by Crippen LogP contribution is -2.49. The summed E-state index contributed by atoms with van der Waals surface area (Å²) in [4.78, 5) is 38.0. The van der Waals surface area contributed by atoms with Gasteiger partial charge in [0.2, 0.25) is 6.41 Å². The summed E-state index contributed by atoms with van der Waals surface area (Å²) < 4.78 is 46.6. The van der Waals surface area contributed by atoms with E-state index in [9.17, 15) is 32.9 Å². The van der Waals surface area contributed by atoms with Crippen LogP contribution < -0.4 is 5.32 Å². The Kier molecular flexibility index (Phi) is 6.69. The third kappa shape index (κ3) is 5.38. The Bertz CT molecular complexity index is 854. The molecule has 1 aliphatic rings. The monoisotopic (exact) mass is 415 g/mol. The zero-order chi connectivity index (χ0) is 21.7. The van der Waals surface area contributed by atoms with E-state index in [4.69, 9.17) is 4.74 Å². The molecular formula is C17H16F3N3O6. The number of hydrogen-bond donors (Lipinski definition) is 1. The molecule has 156 valence electrons. The largest absolute Gasteiger partial charge is 0.427 e. The molecule has 1 aromatic rings. The minimum Gasteiger partial charge on any atom is -0.384 e. The fourth-order valence-corrected chi connectivity index (χ4v) is 2.76. The summed E-state index contributed by atoms with van der Waals surface area (Å²) in [7, 11) is 0. The Hall–Kier alpha value is -3.28. The number of esters is 1. The second-order valence-corrected chi connectivity index (χ2v) is 6.09. The number of ether oxygens (including phenoxy) is 2. The highest BCUT2D eigenvalue weighted by molar-refractivity contribution is 5.89. The van der Waals surface area contributed by atoms with Crippen molar-refractivity contribution in [1.82, 2.24) is 10.3 Å². The highest BCUT2D eigenvalue weighted by Crippen LogP contribution is 2.35. The van der Waals surface area contributed by atoms with E-state index in [0.717, 1.165) is 12.3 Å². The first-order chi connectivity index (χ1) is 13.6. The van der Waals surface area contributed by atoms with Gasteiger partial charge in [0.25, 0.3) is 0 Å². The van der Waals surface area contributed by atoms with Gasteiger partial charge in [-0.25, -0.2) is 4.79 Å². The topological polar surface area (TPSA) is 121 Å². The van der Waals surface area contributed by atoms with Crippen LogP contribution in [0.4, 0.5) is 13.2 Å². The van der Waals surface area contributed by atoms with E-state index in [2.05, 4.69) is 15.0 Å². The molecule has 1 amide bonds. The van der Waals surface area contributed by atoms with E-state index >= 15 is 0 Å². The maximum Gasteiger partial charge on any atom is 0.427 e. The van der Waals surface area contributed by atoms with Crippen LogP contribution >= 0.6 is 0 Å². The van der Waals surface area contributed by atoms with Crippen LogP contribution in [0.25, 0.3) is 0 Å². The van der Waals surface area contributed by atoms with E-state index in [1.165, 1.54) is 25.3 Å². The van der Waals surface area contributed by atoms with Crippen molar-refractivity contribution >= 4 is 12.4 Å². The van der Waals surface area contributed by atoms with Gasteiger partial charge in [0.05, 0.1) is 17.1 Å². The average molecular weight is 415 g/mol. The summed E-state index contributed by atoms with van der Waals surface area (Å²) in [6, 6.07) is 2.72. The lowest BCUT2D eigenvalue weighted by Gasteiger charge is -2.30. The smallest absolute Gasteiger partial charge is 0.384 e. The lowest BCUT2D eigenvalue weighted by atomic mass is 9.90. The van der Waals surface area contributed by atoms with Gasteiger partial charge in [-0.2, -0.15) is 13.2 Å². The molecule has 0 fully saturated rings. The Balaban J connectivity index is 2.40. The summed E-state index contributed by atoms with van der Waals surface area (Å²) in [6.07, 6.45) is -1.05. The number of nitro groups is 1. The minimum atomic E-state index is -4.57. The first-order valence-corrected chi connectivity index (χ1v) is 8.12. The molecule has 0 spiro atoms. The number of amides is 1. The van der Waals surface area contributed by atoms with Crippen LogP contribution in [0.15, 0.2) is 47.4 Å². The van der Waals surface area contributed by atoms with E-state index in [1.54, 1.807) is 0 Å². The van der Waals surface area contributed by atoms with E-state index in [0.29, 0.717) is 0 Å². The SMILES string of the molecule is CC1=C(NC=O)C(OC(=O)c2cccnc2)([N+](=O)[O-])C=C(COCC(F)(F)F)C1. The van der Waals surface area contributed by atoms with Gasteiger partial charge in [-0.3, -0.25) is 19.9 Å². The molecule has 1 aliphatic carbocycles. The van der Waals surface area contributed by atoms with Crippen LogP contribution in [0.2, 0.25) is 0 Å². The van der Waals surface area contributed by atoms with Crippen LogP contribution in [0.1, 0.15) is 23.7 Å². The lowest BCUT2D eigenvalue weighted by molar-refractivity contribution is -0.592. The van der Waals surface area contributed by atoms with Crippen molar-refractivity contribution in [3.8, 4) is 0 Å². The van der Waals surface area contributed by atoms with Gasteiger partial charge >= 0.3 is 17.9 Å². The van der Waals surface area contributed by atoms with Gasteiger partial charge in [0.1, 0.15) is 12.3 Å². The zero-order valence-corrected chi connectivity index (χ0v) is 15.1. The number of carbonyl (C=O) groups is 2. The summed E-state index contributed by atoms with van der Waals surface area (Å²) in [5.41, 5.74) is -2.74. The molecule has 1 unspecified atom stereocenters. The average Bonchev–Trinajstić information content (AvgIpc) is 2.64. The van der Waals surface area contributed by atoms with Crippen LogP contribution in [0.3, 0.4) is 0 Å². The molecule has 1 N–H and O–H groups in total. The molecule has 12 heteroatoms. The molecule has 1 aromatic heterocycles. The quantitative estimate of drug-likeness (QED) is 0.172. The van der Waals surface area contributed by atoms with Crippen molar-refractivity contribution in [2.24, 2.45) is 0 Å². The zero-order valence-electron chi connectivity index (χ0n) is 15.1. The highest BCUT2D eigenvalue weighted by atomic mass is 19.4. The number of hydrogen-bond acceptors (Lipinski definition) is 7. The highest BCUT2D eigenvalue weighted by Gasteiger charge is 2.53. The maximum absolute atomic E-state index is 12.4. The molecule has 0 radical (unpaired) electrons. The molecule has 29 heavy (non-hydrogen) atoms. The number of rotatable bonds is 8. The summed E-state index contributed by atoms with van der Waals surface area (Å²) in [6.45, 7) is -0.711. The number of pyridine rings is 1. The molecule has 0 aromatic carbocycles. The van der Waals surface area contributed by atoms with Crippen LogP contribution in [-0.2, 0) is 14.3 Å². The Morgan fingerprint density at radius 2 is 2.21 bits per heavy atom. The minimum absolute atomic E-state index is 0.0198. The normalized spacial score (nSPS) is 19.4. The van der Waals surface area contributed by atoms with Crippen molar-refractivity contribution in [1.29, 1.82) is 0 Å². The molecule has 0 saturated heterocycles. The molecule has 0 bridgehead atoms. The standard InChI is InChI=1S/C17H16F3N3O6/c1-11-5-12(8-28-9-17(18,19)20)6-16(23(26)27,14(11)22-10-24)29-15(25)13-3-2-4-21-7-13/h2-4,6-7,10H,5,8-9H2,1H3,(H,22,24). The third-order valence-corrected chi connectivity index (χ3v) is 3.85. The predicted octanol–water partition coefficient (Wildman–Crippen LogP) is 2.14. The molecule has 2 rings (SSSR count). The van der Waals surface area contributed by atoms with Gasteiger partial charge in [-0.15, -0.1) is 0 Å². The number of nitrogens with zero attached hydrogens (tertiary/aromatic N) is 2. The van der Waals surface area contributed by atoms with Crippen molar-refractivity contribution in [3.63, 3.8) is 0 Å². The van der Waals surface area contributed by atoms with Crippen molar-refractivity contribution in [2.45, 2.75) is 25.2 Å². The number of nitrogens with one attached hydrogen (secondary N) is 1.